The van der Waals surface area contributed by atoms with Crippen LogP contribution in [-0.4, -0.2) is 29.2 Å². The summed E-state index contributed by atoms with van der Waals surface area (Å²) in [6, 6.07) is 7.41. The Hall–Kier alpha value is -2.43. The highest BCUT2D eigenvalue weighted by Crippen LogP contribution is 2.52. The van der Waals surface area contributed by atoms with E-state index in [1.807, 2.05) is 31.2 Å². The van der Waals surface area contributed by atoms with Crippen LogP contribution in [0.4, 0.5) is 5.69 Å². The van der Waals surface area contributed by atoms with E-state index in [0.717, 1.165) is 16.9 Å². The van der Waals surface area contributed by atoms with Crippen molar-refractivity contribution in [3.05, 3.63) is 42.0 Å². The molecule has 4 rings (SSSR count). The molecular weight excluding hydrogens is 292 g/mol. The molecule has 3 amide bonds. The molecule has 1 N–H and O–H groups in total. The number of fused-ring (bicyclic) bond motifs is 5. The lowest BCUT2D eigenvalue weighted by Crippen LogP contribution is -2.39. The molecule has 1 saturated carbocycles. The number of benzene rings is 1. The van der Waals surface area contributed by atoms with Crippen molar-refractivity contribution in [1.29, 1.82) is 0 Å². The summed E-state index contributed by atoms with van der Waals surface area (Å²) in [6.07, 6.45) is 5.00. The van der Waals surface area contributed by atoms with Gasteiger partial charge in [-0.15, -0.1) is 0 Å². The van der Waals surface area contributed by atoms with Gasteiger partial charge in [0.25, 0.3) is 0 Å². The molecule has 5 nitrogen and oxygen atoms in total. The lowest BCUT2D eigenvalue weighted by atomic mass is 9.85. The summed E-state index contributed by atoms with van der Waals surface area (Å²) in [5.41, 5.74) is 1.77. The lowest BCUT2D eigenvalue weighted by Gasteiger charge is -2.16. The van der Waals surface area contributed by atoms with Gasteiger partial charge in [0, 0.05) is 5.69 Å². The molecular formula is C18H18N2O3. The zero-order chi connectivity index (χ0) is 16.1. The van der Waals surface area contributed by atoms with Crippen LogP contribution >= 0.6 is 0 Å². The summed E-state index contributed by atoms with van der Waals surface area (Å²) in [6.45, 7) is 1.77. The van der Waals surface area contributed by atoms with Crippen molar-refractivity contribution in [1.82, 2.24) is 4.90 Å². The molecule has 1 aromatic carbocycles. The molecule has 3 aliphatic rings. The van der Waals surface area contributed by atoms with E-state index in [-0.39, 0.29) is 47.9 Å². The molecule has 23 heavy (non-hydrogen) atoms. The number of aryl methyl sites for hydroxylation is 1. The maximum absolute atomic E-state index is 12.5. The summed E-state index contributed by atoms with van der Waals surface area (Å²) in [7, 11) is 0. The molecule has 1 aliphatic heterocycles. The molecule has 0 aromatic heterocycles. The molecule has 2 aliphatic carbocycles. The third-order valence-electron chi connectivity index (χ3n) is 5.20. The number of allylic oxidation sites excluding steroid dienone is 2. The topological polar surface area (TPSA) is 66.5 Å². The predicted molar refractivity (Wildman–Crippen MR) is 84.2 cm³/mol. The standard InChI is InChI=1S/C18H18N2O3/c1-10-2-6-13(7-3-10)19-14(21)9-20-17(22)15-11-4-5-12(8-11)16(15)18(20)23/h2-7,11-12,15-16H,8-9H2,1H3,(H,19,21)/t11-,12-,15-,16+/m0/s1. The van der Waals surface area contributed by atoms with Crippen LogP contribution in [0.15, 0.2) is 36.4 Å². The van der Waals surface area contributed by atoms with Crippen LogP contribution in [0.2, 0.25) is 0 Å². The van der Waals surface area contributed by atoms with Crippen molar-refractivity contribution < 1.29 is 14.4 Å². The minimum Gasteiger partial charge on any atom is -0.325 e. The van der Waals surface area contributed by atoms with Gasteiger partial charge in [0.2, 0.25) is 17.7 Å². The second-order valence-electron chi connectivity index (χ2n) is 6.68. The van der Waals surface area contributed by atoms with Crippen LogP contribution < -0.4 is 5.32 Å². The van der Waals surface area contributed by atoms with Crippen molar-refractivity contribution in [3.63, 3.8) is 0 Å². The van der Waals surface area contributed by atoms with Crippen molar-refractivity contribution in [2.75, 3.05) is 11.9 Å². The first-order valence-corrected chi connectivity index (χ1v) is 7.94. The maximum atomic E-state index is 12.5. The number of rotatable bonds is 3. The SMILES string of the molecule is Cc1ccc(NC(=O)CN2C(=O)[C@@H]3[C@H](C2=O)[C@H]2C=C[C@H]3C2)cc1. The zero-order valence-electron chi connectivity index (χ0n) is 12.9. The Morgan fingerprint density at radius 3 is 2.22 bits per heavy atom. The third kappa shape index (κ3) is 2.19. The number of nitrogens with zero attached hydrogens (tertiary/aromatic N) is 1. The fourth-order valence-corrected chi connectivity index (χ4v) is 4.10. The van der Waals surface area contributed by atoms with Gasteiger partial charge in [-0.25, -0.2) is 0 Å². The Morgan fingerprint density at radius 2 is 1.65 bits per heavy atom. The molecule has 5 heteroatoms. The Kier molecular flexibility index (Phi) is 3.11. The second-order valence-corrected chi connectivity index (χ2v) is 6.68. The van der Waals surface area contributed by atoms with Gasteiger partial charge in [-0.2, -0.15) is 0 Å². The van der Waals surface area contributed by atoms with Crippen molar-refractivity contribution in [3.8, 4) is 0 Å². The fraction of sp³-hybridized carbons (Fsp3) is 0.389. The number of nitrogens with one attached hydrogen (secondary N) is 1. The summed E-state index contributed by atoms with van der Waals surface area (Å²) in [4.78, 5) is 38.3. The minimum absolute atomic E-state index is 0.173. The average Bonchev–Trinajstić information content (AvgIpc) is 3.19. The second kappa shape index (κ2) is 5.05. The van der Waals surface area contributed by atoms with Gasteiger partial charge < -0.3 is 5.32 Å². The molecule has 2 bridgehead atoms. The van der Waals surface area contributed by atoms with E-state index in [1.54, 1.807) is 12.1 Å². The predicted octanol–water partition coefficient (Wildman–Crippen LogP) is 1.74. The fourth-order valence-electron chi connectivity index (χ4n) is 4.10. The van der Waals surface area contributed by atoms with E-state index in [0.29, 0.717) is 5.69 Å². The number of likely N-dealkylation sites (tertiary alicyclic amines) is 1. The largest absolute Gasteiger partial charge is 0.325 e. The summed E-state index contributed by atoms with van der Waals surface area (Å²) >= 11 is 0. The van der Waals surface area contributed by atoms with Crippen LogP contribution in [0.3, 0.4) is 0 Å². The Labute approximate surface area is 134 Å². The Balaban J connectivity index is 1.45. The van der Waals surface area contributed by atoms with Gasteiger partial charge in [0.05, 0.1) is 11.8 Å². The molecule has 4 atom stereocenters. The zero-order valence-corrected chi connectivity index (χ0v) is 12.9. The monoisotopic (exact) mass is 310 g/mol. The molecule has 0 spiro atoms. The molecule has 2 fully saturated rings. The molecule has 118 valence electrons. The van der Waals surface area contributed by atoms with Crippen LogP contribution in [0.1, 0.15) is 12.0 Å². The van der Waals surface area contributed by atoms with Gasteiger partial charge in [0.1, 0.15) is 6.54 Å². The van der Waals surface area contributed by atoms with Crippen molar-refractivity contribution in [2.45, 2.75) is 13.3 Å². The van der Waals surface area contributed by atoms with Gasteiger partial charge >= 0.3 is 0 Å². The minimum atomic E-state index is -0.337. The maximum Gasteiger partial charge on any atom is 0.244 e. The van der Waals surface area contributed by atoms with Crippen LogP contribution in [0.5, 0.6) is 0 Å². The Morgan fingerprint density at radius 1 is 1.09 bits per heavy atom. The number of anilines is 1. The first-order valence-electron chi connectivity index (χ1n) is 7.94. The number of hydrogen-bond acceptors (Lipinski definition) is 3. The highest BCUT2D eigenvalue weighted by atomic mass is 16.2. The average molecular weight is 310 g/mol. The number of carbonyl (C=O) groups is 3. The van der Waals surface area contributed by atoms with Crippen LogP contribution in [-0.2, 0) is 14.4 Å². The van der Waals surface area contributed by atoms with Gasteiger partial charge in [-0.05, 0) is 37.3 Å². The number of imide groups is 1. The molecule has 0 radical (unpaired) electrons. The first kappa shape index (κ1) is 14.2. The van der Waals surface area contributed by atoms with Crippen molar-refractivity contribution >= 4 is 23.4 Å². The molecule has 1 heterocycles. The van der Waals surface area contributed by atoms with E-state index >= 15 is 0 Å². The highest BCUT2D eigenvalue weighted by molar-refractivity contribution is 6.09. The van der Waals surface area contributed by atoms with Gasteiger partial charge in [-0.1, -0.05) is 29.8 Å². The van der Waals surface area contributed by atoms with E-state index < -0.39 is 0 Å². The highest BCUT2D eigenvalue weighted by Gasteiger charge is 2.59. The number of hydrogen-bond donors (Lipinski definition) is 1. The van der Waals surface area contributed by atoms with Crippen LogP contribution in [0.25, 0.3) is 0 Å². The Bertz CT molecular complexity index is 692. The summed E-state index contributed by atoms with van der Waals surface area (Å²) in [5, 5.41) is 2.74. The summed E-state index contributed by atoms with van der Waals surface area (Å²) in [5.74, 6) is -0.852. The van der Waals surface area contributed by atoms with Crippen LogP contribution in [0, 0.1) is 30.6 Å². The molecule has 0 unspecified atom stereocenters. The number of carbonyl (C=O) groups excluding carboxylic acids is 3. The molecule has 1 aromatic rings. The third-order valence-corrected chi connectivity index (χ3v) is 5.20. The summed E-state index contributed by atoms with van der Waals surface area (Å²) < 4.78 is 0. The smallest absolute Gasteiger partial charge is 0.244 e. The number of amides is 3. The van der Waals surface area contributed by atoms with E-state index in [9.17, 15) is 14.4 Å². The molecule has 1 saturated heterocycles. The van der Waals surface area contributed by atoms with E-state index in [1.165, 1.54) is 0 Å². The van der Waals surface area contributed by atoms with Gasteiger partial charge in [-0.3, -0.25) is 19.3 Å². The quantitative estimate of drug-likeness (QED) is 0.683. The normalized spacial score (nSPS) is 30.9. The van der Waals surface area contributed by atoms with E-state index in [4.69, 9.17) is 0 Å². The lowest BCUT2D eigenvalue weighted by molar-refractivity contribution is -0.143. The first-order chi connectivity index (χ1) is 11.0. The van der Waals surface area contributed by atoms with Crippen molar-refractivity contribution in [2.24, 2.45) is 23.7 Å². The van der Waals surface area contributed by atoms with E-state index in [2.05, 4.69) is 5.32 Å². The van der Waals surface area contributed by atoms with Gasteiger partial charge in [0.15, 0.2) is 0 Å².